The van der Waals surface area contributed by atoms with Crippen LogP contribution < -0.4 is 4.72 Å². The molecule has 2 aromatic carbocycles. The quantitative estimate of drug-likeness (QED) is 0.293. The van der Waals surface area contributed by atoms with Gasteiger partial charge in [-0.25, -0.2) is 8.42 Å². The summed E-state index contributed by atoms with van der Waals surface area (Å²) in [6.07, 6.45) is 0.756. The Hall–Kier alpha value is -2.06. The molecule has 0 unspecified atom stereocenters. The third-order valence-electron chi connectivity index (χ3n) is 3.31. The van der Waals surface area contributed by atoms with Crippen LogP contribution in [0.15, 0.2) is 47.4 Å². The Morgan fingerprint density at radius 3 is 2.37 bits per heavy atom. The van der Waals surface area contributed by atoms with Crippen molar-refractivity contribution in [3.05, 3.63) is 63.1 Å². The molecular formula is C17H12Cl3NO5S. The maximum Gasteiger partial charge on any atom is 0.263 e. The third kappa shape index (κ3) is 5.01. The predicted octanol–water partition coefficient (Wildman–Crippen LogP) is 4.50. The van der Waals surface area contributed by atoms with Crippen LogP contribution >= 0.6 is 34.8 Å². The van der Waals surface area contributed by atoms with Gasteiger partial charge < -0.3 is 5.11 Å². The molecule has 0 amide bonds. The number of sulfonamides is 1. The van der Waals surface area contributed by atoms with Gasteiger partial charge in [0.15, 0.2) is 5.78 Å². The third-order valence-corrected chi connectivity index (χ3v) is 6.14. The lowest BCUT2D eigenvalue weighted by Gasteiger charge is -2.12. The number of Topliss-reactive ketones (excluding diaryl/α,β-unsaturated/α-hetero) is 1. The van der Waals surface area contributed by atoms with Gasteiger partial charge in [0.1, 0.15) is 10.7 Å². The lowest BCUT2D eigenvalue weighted by molar-refractivity contribution is -0.132. The van der Waals surface area contributed by atoms with Gasteiger partial charge >= 0.3 is 0 Å². The Labute approximate surface area is 170 Å². The van der Waals surface area contributed by atoms with E-state index in [1.807, 2.05) is 0 Å². The van der Waals surface area contributed by atoms with E-state index in [2.05, 4.69) is 4.72 Å². The van der Waals surface area contributed by atoms with Gasteiger partial charge in [-0.3, -0.25) is 14.3 Å². The standard InChI is InChI=1S/C17H12Cl3NO5S/c1-9(22)13(23)8-14(24)10-3-2-4-11(7-10)21-27(25,26)15-6-5-12(18)16(19)17(15)20/h2-8,21,24H,1H3. The van der Waals surface area contributed by atoms with Crippen molar-refractivity contribution >= 4 is 67.8 Å². The molecule has 142 valence electrons. The summed E-state index contributed by atoms with van der Waals surface area (Å²) in [5.74, 6) is -2.11. The Balaban J connectivity index is 2.37. The largest absolute Gasteiger partial charge is 0.507 e. The summed E-state index contributed by atoms with van der Waals surface area (Å²) in [7, 11) is -4.11. The average Bonchev–Trinajstić information content (AvgIpc) is 2.59. The molecule has 0 aliphatic carbocycles. The van der Waals surface area contributed by atoms with Crippen molar-refractivity contribution < 1.29 is 23.1 Å². The summed E-state index contributed by atoms with van der Waals surface area (Å²) in [4.78, 5) is 22.1. The maximum atomic E-state index is 12.6. The molecule has 6 nitrogen and oxygen atoms in total. The highest BCUT2D eigenvalue weighted by Crippen LogP contribution is 2.35. The Morgan fingerprint density at radius 1 is 1.07 bits per heavy atom. The molecule has 0 bridgehead atoms. The van der Waals surface area contributed by atoms with Crippen LogP contribution in [-0.4, -0.2) is 25.1 Å². The van der Waals surface area contributed by atoms with Gasteiger partial charge in [-0.2, -0.15) is 0 Å². The fraction of sp³-hybridized carbons (Fsp3) is 0.0588. The number of ketones is 2. The van der Waals surface area contributed by atoms with E-state index in [9.17, 15) is 23.1 Å². The Morgan fingerprint density at radius 2 is 1.74 bits per heavy atom. The molecule has 0 heterocycles. The van der Waals surface area contributed by atoms with Crippen molar-refractivity contribution in [2.45, 2.75) is 11.8 Å². The van der Waals surface area contributed by atoms with Crippen LogP contribution in [0.5, 0.6) is 0 Å². The molecule has 10 heteroatoms. The zero-order chi connectivity index (χ0) is 20.4. The summed E-state index contributed by atoms with van der Waals surface area (Å²) in [5, 5.41) is 9.72. The molecule has 2 N–H and O–H groups in total. The molecule has 0 saturated heterocycles. The average molecular weight is 449 g/mol. The number of carbonyl (C=O) groups excluding carboxylic acids is 2. The van der Waals surface area contributed by atoms with E-state index in [-0.39, 0.29) is 31.2 Å². The molecule has 27 heavy (non-hydrogen) atoms. The van der Waals surface area contributed by atoms with Gasteiger partial charge in [-0.05, 0) is 24.3 Å². The highest BCUT2D eigenvalue weighted by molar-refractivity contribution is 7.92. The van der Waals surface area contributed by atoms with Gasteiger partial charge in [-0.15, -0.1) is 0 Å². The topological polar surface area (TPSA) is 101 Å². The summed E-state index contributed by atoms with van der Waals surface area (Å²) >= 11 is 17.6. The summed E-state index contributed by atoms with van der Waals surface area (Å²) in [6.45, 7) is 1.07. The first-order valence-corrected chi connectivity index (χ1v) is 9.87. The van der Waals surface area contributed by atoms with Crippen molar-refractivity contribution in [2.24, 2.45) is 0 Å². The number of allylic oxidation sites excluding steroid dienone is 1. The van der Waals surface area contributed by atoms with Crippen LogP contribution in [-0.2, 0) is 19.6 Å². The van der Waals surface area contributed by atoms with E-state index in [0.717, 1.165) is 13.0 Å². The second kappa shape index (κ2) is 8.31. The van der Waals surface area contributed by atoms with Crippen LogP contribution in [0.3, 0.4) is 0 Å². The van der Waals surface area contributed by atoms with Crippen LogP contribution in [0, 0.1) is 0 Å². The number of hydrogen-bond acceptors (Lipinski definition) is 5. The molecule has 0 saturated carbocycles. The number of nitrogens with one attached hydrogen (secondary N) is 1. The smallest absolute Gasteiger partial charge is 0.263 e. The number of hydrogen-bond donors (Lipinski definition) is 2. The minimum Gasteiger partial charge on any atom is -0.507 e. The summed E-state index contributed by atoms with van der Waals surface area (Å²) in [5.41, 5.74) is 0.217. The Kier molecular flexibility index (Phi) is 6.54. The SMILES string of the molecule is CC(=O)C(=O)C=C(O)c1cccc(NS(=O)(=O)c2ccc(Cl)c(Cl)c2Cl)c1. The summed E-state index contributed by atoms with van der Waals surface area (Å²) in [6, 6.07) is 8.08. The fourth-order valence-electron chi connectivity index (χ4n) is 1.98. The van der Waals surface area contributed by atoms with E-state index >= 15 is 0 Å². The van der Waals surface area contributed by atoms with E-state index in [1.54, 1.807) is 0 Å². The second-order valence-corrected chi connectivity index (χ2v) is 8.12. The number of aliphatic hydroxyl groups excluding tert-OH is 1. The van der Waals surface area contributed by atoms with Gasteiger partial charge in [0, 0.05) is 24.3 Å². The number of halogens is 3. The first-order valence-electron chi connectivity index (χ1n) is 7.25. The highest BCUT2D eigenvalue weighted by Gasteiger charge is 2.21. The molecule has 2 aromatic rings. The highest BCUT2D eigenvalue weighted by atomic mass is 35.5. The predicted molar refractivity (Wildman–Crippen MR) is 105 cm³/mol. The zero-order valence-corrected chi connectivity index (χ0v) is 16.7. The van der Waals surface area contributed by atoms with Gasteiger partial charge in [-0.1, -0.05) is 46.9 Å². The number of benzene rings is 2. The van der Waals surface area contributed by atoms with Crippen molar-refractivity contribution in [3.63, 3.8) is 0 Å². The molecular weight excluding hydrogens is 437 g/mol. The van der Waals surface area contributed by atoms with E-state index in [0.29, 0.717) is 0 Å². The van der Waals surface area contributed by atoms with E-state index < -0.39 is 27.3 Å². The molecule has 0 fully saturated rings. The monoisotopic (exact) mass is 447 g/mol. The van der Waals surface area contributed by atoms with Gasteiger partial charge in [0.2, 0.25) is 5.78 Å². The Bertz CT molecular complexity index is 1060. The molecule has 0 spiro atoms. The first kappa shape index (κ1) is 21.2. The van der Waals surface area contributed by atoms with Crippen LogP contribution in [0.4, 0.5) is 5.69 Å². The minimum absolute atomic E-state index is 0.0878. The molecule has 0 aliphatic heterocycles. The maximum absolute atomic E-state index is 12.6. The number of aliphatic hydroxyl groups is 1. The van der Waals surface area contributed by atoms with Crippen molar-refractivity contribution in [2.75, 3.05) is 4.72 Å². The second-order valence-electron chi connectivity index (χ2n) is 5.31. The molecule has 2 rings (SSSR count). The van der Waals surface area contributed by atoms with E-state index in [4.69, 9.17) is 34.8 Å². The normalized spacial score (nSPS) is 11.9. The molecule has 0 aromatic heterocycles. The van der Waals surface area contributed by atoms with Crippen LogP contribution in [0.25, 0.3) is 5.76 Å². The van der Waals surface area contributed by atoms with Gasteiger partial charge in [0.25, 0.3) is 10.0 Å². The number of anilines is 1. The lowest BCUT2D eigenvalue weighted by Crippen LogP contribution is -2.14. The van der Waals surface area contributed by atoms with Gasteiger partial charge in [0.05, 0.1) is 15.1 Å². The van der Waals surface area contributed by atoms with Crippen LogP contribution in [0.2, 0.25) is 15.1 Å². The molecule has 0 aliphatic rings. The number of rotatable bonds is 6. The van der Waals surface area contributed by atoms with E-state index in [1.165, 1.54) is 36.4 Å². The zero-order valence-electron chi connectivity index (χ0n) is 13.7. The van der Waals surface area contributed by atoms with Crippen molar-refractivity contribution in [1.29, 1.82) is 0 Å². The van der Waals surface area contributed by atoms with Crippen molar-refractivity contribution in [3.8, 4) is 0 Å². The lowest BCUT2D eigenvalue weighted by atomic mass is 10.1. The molecule has 0 radical (unpaired) electrons. The minimum atomic E-state index is -4.11. The summed E-state index contributed by atoms with van der Waals surface area (Å²) < 4.78 is 27.4. The number of carbonyl (C=O) groups is 2. The van der Waals surface area contributed by atoms with Crippen LogP contribution in [0.1, 0.15) is 12.5 Å². The fourth-order valence-corrected chi connectivity index (χ4v) is 4.01. The molecule has 0 atom stereocenters. The first-order chi connectivity index (χ1) is 12.5. The van der Waals surface area contributed by atoms with Crippen molar-refractivity contribution in [1.82, 2.24) is 0 Å².